The van der Waals surface area contributed by atoms with Gasteiger partial charge in [-0.2, -0.15) is 0 Å². The zero-order valence-electron chi connectivity index (χ0n) is 10.6. The van der Waals surface area contributed by atoms with E-state index in [1.54, 1.807) is 16.8 Å². The molecular formula is C13H21N3O. The Hall–Kier alpha value is -1.45. The van der Waals surface area contributed by atoms with Crippen LogP contribution in [0, 0.1) is 0 Å². The highest BCUT2D eigenvalue weighted by Crippen LogP contribution is 2.27. The van der Waals surface area contributed by atoms with Crippen LogP contribution in [0.3, 0.4) is 0 Å². The zero-order valence-corrected chi connectivity index (χ0v) is 10.6. The van der Waals surface area contributed by atoms with Gasteiger partial charge >= 0.3 is 0 Å². The zero-order chi connectivity index (χ0) is 12.5. The van der Waals surface area contributed by atoms with Crippen molar-refractivity contribution < 1.29 is 4.79 Å². The van der Waals surface area contributed by atoms with Crippen LogP contribution >= 0.6 is 0 Å². The van der Waals surface area contributed by atoms with Gasteiger partial charge in [0.1, 0.15) is 5.69 Å². The Morgan fingerprint density at radius 3 is 2.59 bits per heavy atom. The van der Waals surface area contributed by atoms with Crippen molar-refractivity contribution in [2.45, 2.75) is 44.6 Å². The van der Waals surface area contributed by atoms with Gasteiger partial charge in [-0.05, 0) is 25.8 Å². The van der Waals surface area contributed by atoms with Gasteiger partial charge in [-0.3, -0.25) is 4.79 Å². The highest BCUT2D eigenvalue weighted by molar-refractivity contribution is 5.94. The molecule has 0 atom stereocenters. The van der Waals surface area contributed by atoms with E-state index in [9.17, 15) is 4.79 Å². The Balaban J connectivity index is 2.08. The third-order valence-electron chi connectivity index (χ3n) is 3.63. The van der Waals surface area contributed by atoms with Crippen LogP contribution in [0.2, 0.25) is 0 Å². The van der Waals surface area contributed by atoms with Gasteiger partial charge in [0.25, 0.3) is 5.91 Å². The number of nitrogens with zero attached hydrogens (tertiary/aromatic N) is 1. The number of anilines is 1. The number of hydrogen-bond acceptors (Lipinski definition) is 2. The van der Waals surface area contributed by atoms with Crippen LogP contribution < -0.4 is 11.1 Å². The molecule has 1 aliphatic rings. The number of nitrogens with two attached hydrogens (primary N) is 1. The van der Waals surface area contributed by atoms with Crippen LogP contribution in [0.25, 0.3) is 0 Å². The third-order valence-corrected chi connectivity index (χ3v) is 3.63. The molecular weight excluding hydrogens is 214 g/mol. The number of carbonyl (C=O) groups is 1. The Kier molecular flexibility index (Phi) is 3.13. The summed E-state index contributed by atoms with van der Waals surface area (Å²) in [7, 11) is 1.84. The predicted octanol–water partition coefficient (Wildman–Crippen LogP) is 2.06. The molecule has 17 heavy (non-hydrogen) atoms. The molecule has 4 nitrogen and oxygen atoms in total. The summed E-state index contributed by atoms with van der Waals surface area (Å²) in [4.78, 5) is 12.2. The normalized spacial score (nSPS) is 18.9. The van der Waals surface area contributed by atoms with Crippen molar-refractivity contribution in [2.75, 3.05) is 5.73 Å². The molecule has 1 saturated carbocycles. The summed E-state index contributed by atoms with van der Waals surface area (Å²) in [5, 5.41) is 3.15. The van der Waals surface area contributed by atoms with Crippen LogP contribution in [0.15, 0.2) is 12.3 Å². The first-order valence-corrected chi connectivity index (χ1v) is 6.24. The maximum absolute atomic E-state index is 12.2. The van der Waals surface area contributed by atoms with Gasteiger partial charge in [0.05, 0.1) is 5.69 Å². The van der Waals surface area contributed by atoms with E-state index in [-0.39, 0.29) is 11.4 Å². The lowest BCUT2D eigenvalue weighted by molar-refractivity contribution is 0.0874. The molecule has 94 valence electrons. The molecule has 1 aliphatic carbocycles. The maximum atomic E-state index is 12.2. The molecule has 0 spiro atoms. The topological polar surface area (TPSA) is 60.0 Å². The van der Waals surface area contributed by atoms with Crippen molar-refractivity contribution >= 4 is 11.6 Å². The number of hydrogen-bond donors (Lipinski definition) is 2. The van der Waals surface area contributed by atoms with E-state index in [0.29, 0.717) is 11.4 Å². The minimum atomic E-state index is -0.0473. The molecule has 0 saturated heterocycles. The first kappa shape index (κ1) is 12.0. The van der Waals surface area contributed by atoms with Gasteiger partial charge in [-0.15, -0.1) is 0 Å². The predicted molar refractivity (Wildman–Crippen MR) is 68.8 cm³/mol. The second kappa shape index (κ2) is 4.43. The Morgan fingerprint density at radius 2 is 2.06 bits per heavy atom. The van der Waals surface area contributed by atoms with E-state index in [1.807, 2.05) is 7.05 Å². The van der Waals surface area contributed by atoms with Crippen molar-refractivity contribution in [3.63, 3.8) is 0 Å². The van der Waals surface area contributed by atoms with Crippen molar-refractivity contribution in [1.82, 2.24) is 9.88 Å². The molecule has 0 radical (unpaired) electrons. The van der Waals surface area contributed by atoms with Crippen molar-refractivity contribution in [3.8, 4) is 0 Å². The molecule has 0 aliphatic heterocycles. The van der Waals surface area contributed by atoms with E-state index in [1.165, 1.54) is 19.3 Å². The van der Waals surface area contributed by atoms with E-state index in [0.717, 1.165) is 12.8 Å². The largest absolute Gasteiger partial charge is 0.397 e. The monoisotopic (exact) mass is 235 g/mol. The summed E-state index contributed by atoms with van der Waals surface area (Å²) in [5.74, 6) is -0.0198. The van der Waals surface area contributed by atoms with Crippen molar-refractivity contribution in [3.05, 3.63) is 18.0 Å². The second-order valence-electron chi connectivity index (χ2n) is 5.35. The number of nitrogen functional groups attached to an aromatic ring is 1. The first-order valence-electron chi connectivity index (χ1n) is 6.24. The molecule has 0 aromatic carbocycles. The van der Waals surface area contributed by atoms with Crippen LogP contribution in [0.4, 0.5) is 5.69 Å². The summed E-state index contributed by atoms with van der Waals surface area (Å²) < 4.78 is 1.77. The molecule has 1 aromatic rings. The van der Waals surface area contributed by atoms with Gasteiger partial charge < -0.3 is 15.6 Å². The third kappa shape index (κ3) is 2.62. The summed E-state index contributed by atoms with van der Waals surface area (Å²) in [6.45, 7) is 2.14. The lowest BCUT2D eigenvalue weighted by Gasteiger charge is -2.34. The van der Waals surface area contributed by atoms with Gasteiger partial charge in [0.2, 0.25) is 0 Å². The van der Waals surface area contributed by atoms with Crippen molar-refractivity contribution in [2.24, 2.45) is 7.05 Å². The van der Waals surface area contributed by atoms with Gasteiger partial charge in [-0.1, -0.05) is 19.3 Å². The number of aryl methyl sites for hydroxylation is 1. The molecule has 3 N–H and O–H groups in total. The highest BCUT2D eigenvalue weighted by Gasteiger charge is 2.29. The van der Waals surface area contributed by atoms with E-state index >= 15 is 0 Å². The fraction of sp³-hybridized carbons (Fsp3) is 0.615. The van der Waals surface area contributed by atoms with Crippen LogP contribution in [-0.2, 0) is 7.05 Å². The minimum absolute atomic E-state index is 0.0198. The molecule has 1 fully saturated rings. The van der Waals surface area contributed by atoms with E-state index in [4.69, 9.17) is 5.73 Å². The average Bonchev–Trinajstić information content (AvgIpc) is 2.58. The quantitative estimate of drug-likeness (QED) is 0.824. The van der Waals surface area contributed by atoms with E-state index < -0.39 is 0 Å². The minimum Gasteiger partial charge on any atom is -0.397 e. The maximum Gasteiger partial charge on any atom is 0.268 e. The van der Waals surface area contributed by atoms with Gasteiger partial charge in [0.15, 0.2) is 0 Å². The highest BCUT2D eigenvalue weighted by atomic mass is 16.2. The molecule has 0 unspecified atom stereocenters. The fourth-order valence-corrected chi connectivity index (χ4v) is 2.61. The Labute approximate surface area is 102 Å². The average molecular weight is 235 g/mol. The Morgan fingerprint density at radius 1 is 1.41 bits per heavy atom. The summed E-state index contributed by atoms with van der Waals surface area (Å²) in [6.07, 6.45) is 7.58. The molecule has 1 aromatic heterocycles. The van der Waals surface area contributed by atoms with Crippen LogP contribution in [0.5, 0.6) is 0 Å². The van der Waals surface area contributed by atoms with Gasteiger partial charge in [-0.25, -0.2) is 0 Å². The lowest BCUT2D eigenvalue weighted by Crippen LogP contribution is -2.47. The summed E-state index contributed by atoms with van der Waals surface area (Å²) in [6, 6.07) is 1.72. The SMILES string of the molecule is Cn1cc(N)cc1C(=O)NC1(C)CCCCC1. The lowest BCUT2D eigenvalue weighted by atomic mass is 9.83. The second-order valence-corrected chi connectivity index (χ2v) is 5.35. The Bertz CT molecular complexity index is 416. The molecule has 1 amide bonds. The number of aromatic nitrogens is 1. The standard InChI is InChI=1S/C13H21N3O/c1-13(6-4-3-5-7-13)15-12(17)11-8-10(14)9-16(11)2/h8-9H,3-7,14H2,1-2H3,(H,15,17). The summed E-state index contributed by atoms with van der Waals surface area (Å²) >= 11 is 0. The smallest absolute Gasteiger partial charge is 0.268 e. The van der Waals surface area contributed by atoms with Gasteiger partial charge in [0, 0.05) is 18.8 Å². The first-order chi connectivity index (χ1) is 8.00. The fourth-order valence-electron chi connectivity index (χ4n) is 2.61. The van der Waals surface area contributed by atoms with Crippen LogP contribution in [-0.4, -0.2) is 16.0 Å². The molecule has 0 bridgehead atoms. The number of rotatable bonds is 2. The molecule has 1 heterocycles. The summed E-state index contributed by atoms with van der Waals surface area (Å²) in [5.41, 5.74) is 6.90. The van der Waals surface area contributed by atoms with Crippen molar-refractivity contribution in [1.29, 1.82) is 0 Å². The molecule has 2 rings (SSSR count). The molecule has 4 heteroatoms. The number of carbonyl (C=O) groups excluding carboxylic acids is 1. The number of nitrogens with one attached hydrogen (secondary N) is 1. The van der Waals surface area contributed by atoms with Crippen LogP contribution in [0.1, 0.15) is 49.5 Å². The number of amides is 1. The van der Waals surface area contributed by atoms with E-state index in [2.05, 4.69) is 12.2 Å².